The predicted molar refractivity (Wildman–Crippen MR) is 50.1 cm³/mol. The third-order valence-corrected chi connectivity index (χ3v) is 2.53. The number of hydrogen-bond acceptors (Lipinski definition) is 3. The van der Waals surface area contributed by atoms with Crippen LogP contribution in [0.15, 0.2) is 18.5 Å². The third kappa shape index (κ3) is 1.76. The Morgan fingerprint density at radius 1 is 1.64 bits per heavy atom. The molecule has 14 heavy (non-hydrogen) atoms. The van der Waals surface area contributed by atoms with E-state index in [4.69, 9.17) is 10.5 Å². The molecule has 0 amide bonds. The van der Waals surface area contributed by atoms with Crippen LogP contribution in [-0.4, -0.2) is 17.7 Å². The van der Waals surface area contributed by atoms with E-state index >= 15 is 0 Å². The van der Waals surface area contributed by atoms with Crippen molar-refractivity contribution in [2.24, 2.45) is 5.73 Å². The quantitative estimate of drug-likeness (QED) is 0.777. The maximum Gasteiger partial charge on any atom is 0.146 e. The van der Waals surface area contributed by atoms with Gasteiger partial charge in [0.25, 0.3) is 0 Å². The molecule has 0 aliphatic carbocycles. The van der Waals surface area contributed by atoms with Crippen molar-refractivity contribution < 1.29 is 9.13 Å². The number of aromatic nitrogens is 1. The first-order chi connectivity index (χ1) is 6.79. The van der Waals surface area contributed by atoms with E-state index in [9.17, 15) is 4.39 Å². The Kier molecular flexibility index (Phi) is 2.74. The molecule has 4 heteroatoms. The van der Waals surface area contributed by atoms with Gasteiger partial charge >= 0.3 is 0 Å². The van der Waals surface area contributed by atoms with Crippen molar-refractivity contribution in [3.05, 3.63) is 29.8 Å². The number of hydrogen-bond donors (Lipinski definition) is 1. The Labute approximate surface area is 82.1 Å². The van der Waals surface area contributed by atoms with Gasteiger partial charge in [0.05, 0.1) is 18.3 Å². The Hall–Kier alpha value is -1.00. The van der Waals surface area contributed by atoms with Gasteiger partial charge in [-0.2, -0.15) is 0 Å². The second-order valence-corrected chi connectivity index (χ2v) is 3.47. The second kappa shape index (κ2) is 4.02. The smallest absolute Gasteiger partial charge is 0.146 e. The lowest BCUT2D eigenvalue weighted by atomic mass is 10.0. The van der Waals surface area contributed by atoms with Crippen LogP contribution in [0.5, 0.6) is 0 Å². The van der Waals surface area contributed by atoms with Gasteiger partial charge in [0.2, 0.25) is 0 Å². The van der Waals surface area contributed by atoms with Gasteiger partial charge in [0, 0.05) is 18.4 Å². The fraction of sp³-hybridized carbons (Fsp3) is 0.500. The Morgan fingerprint density at radius 3 is 3.14 bits per heavy atom. The molecule has 0 saturated carbocycles. The number of pyridine rings is 1. The summed E-state index contributed by atoms with van der Waals surface area (Å²) in [5, 5.41) is 0. The van der Waals surface area contributed by atoms with Gasteiger partial charge in [0.15, 0.2) is 0 Å². The van der Waals surface area contributed by atoms with Gasteiger partial charge < -0.3 is 10.5 Å². The molecule has 2 N–H and O–H groups in total. The molecular formula is C10H13FN2O. The van der Waals surface area contributed by atoms with Crippen molar-refractivity contribution in [2.45, 2.75) is 25.0 Å². The molecule has 1 aliphatic rings. The molecule has 2 rings (SSSR count). The lowest BCUT2D eigenvalue weighted by Gasteiger charge is -2.18. The first kappa shape index (κ1) is 9.55. The molecule has 0 radical (unpaired) electrons. The summed E-state index contributed by atoms with van der Waals surface area (Å²) < 4.78 is 18.7. The molecular weight excluding hydrogens is 183 g/mol. The number of halogens is 1. The third-order valence-electron chi connectivity index (χ3n) is 2.53. The highest BCUT2D eigenvalue weighted by Gasteiger charge is 2.25. The largest absolute Gasteiger partial charge is 0.376 e. The summed E-state index contributed by atoms with van der Waals surface area (Å²) in [6.45, 7) is 0.727. The highest BCUT2D eigenvalue weighted by molar-refractivity contribution is 5.18. The zero-order chi connectivity index (χ0) is 9.97. The molecule has 2 unspecified atom stereocenters. The van der Waals surface area contributed by atoms with E-state index in [0.717, 1.165) is 19.4 Å². The summed E-state index contributed by atoms with van der Waals surface area (Å²) in [6, 6.07) is 1.24. The number of ether oxygens (including phenoxy) is 1. The molecule has 2 atom stereocenters. The van der Waals surface area contributed by atoms with Crippen LogP contribution < -0.4 is 5.73 Å². The summed E-state index contributed by atoms with van der Waals surface area (Å²) >= 11 is 0. The van der Waals surface area contributed by atoms with Crippen LogP contribution >= 0.6 is 0 Å². The van der Waals surface area contributed by atoms with Crippen LogP contribution in [0.4, 0.5) is 4.39 Å². The molecule has 0 spiro atoms. The van der Waals surface area contributed by atoms with E-state index in [1.807, 2.05) is 0 Å². The Balaban J connectivity index is 2.17. The average molecular weight is 196 g/mol. The first-order valence-electron chi connectivity index (χ1n) is 4.75. The van der Waals surface area contributed by atoms with Crippen LogP contribution in [-0.2, 0) is 4.74 Å². The van der Waals surface area contributed by atoms with Crippen molar-refractivity contribution in [1.82, 2.24) is 4.98 Å². The highest BCUT2D eigenvalue weighted by Crippen LogP contribution is 2.25. The van der Waals surface area contributed by atoms with Crippen LogP contribution in [0.3, 0.4) is 0 Å². The van der Waals surface area contributed by atoms with E-state index < -0.39 is 0 Å². The topological polar surface area (TPSA) is 48.1 Å². The van der Waals surface area contributed by atoms with Crippen LogP contribution in [0, 0.1) is 5.82 Å². The zero-order valence-corrected chi connectivity index (χ0v) is 7.82. The number of nitrogens with two attached hydrogens (primary N) is 1. The van der Waals surface area contributed by atoms with Crippen LogP contribution in [0.25, 0.3) is 0 Å². The molecule has 76 valence electrons. The zero-order valence-electron chi connectivity index (χ0n) is 7.82. The van der Waals surface area contributed by atoms with Gasteiger partial charge in [-0.1, -0.05) is 0 Å². The van der Waals surface area contributed by atoms with Gasteiger partial charge in [0.1, 0.15) is 5.82 Å². The molecule has 1 fully saturated rings. The first-order valence-corrected chi connectivity index (χ1v) is 4.75. The maximum absolute atomic E-state index is 13.3. The SMILES string of the molecule is NC(c1ccncc1F)C1CCCO1. The minimum atomic E-state index is -0.375. The number of nitrogens with zero attached hydrogens (tertiary/aromatic N) is 1. The van der Waals surface area contributed by atoms with Gasteiger partial charge in [-0.25, -0.2) is 4.39 Å². The van der Waals surface area contributed by atoms with E-state index in [-0.39, 0.29) is 18.0 Å². The molecule has 0 aromatic carbocycles. The molecule has 1 aromatic heterocycles. The molecule has 1 saturated heterocycles. The normalized spacial score (nSPS) is 23.7. The van der Waals surface area contributed by atoms with Crippen molar-refractivity contribution in [3.63, 3.8) is 0 Å². The summed E-state index contributed by atoms with van der Waals surface area (Å²) in [5.41, 5.74) is 6.40. The van der Waals surface area contributed by atoms with E-state index in [1.54, 1.807) is 12.3 Å². The van der Waals surface area contributed by atoms with Crippen molar-refractivity contribution in [3.8, 4) is 0 Å². The lowest BCUT2D eigenvalue weighted by molar-refractivity contribution is 0.0890. The van der Waals surface area contributed by atoms with Gasteiger partial charge in [-0.3, -0.25) is 4.98 Å². The Morgan fingerprint density at radius 2 is 2.50 bits per heavy atom. The predicted octanol–water partition coefficient (Wildman–Crippen LogP) is 1.40. The Bertz CT molecular complexity index is 313. The summed E-state index contributed by atoms with van der Waals surface area (Å²) in [4.78, 5) is 3.68. The maximum atomic E-state index is 13.3. The van der Waals surface area contributed by atoms with E-state index in [2.05, 4.69) is 4.98 Å². The fourth-order valence-electron chi connectivity index (χ4n) is 1.74. The second-order valence-electron chi connectivity index (χ2n) is 3.47. The van der Waals surface area contributed by atoms with E-state index in [0.29, 0.717) is 5.56 Å². The highest BCUT2D eigenvalue weighted by atomic mass is 19.1. The van der Waals surface area contributed by atoms with Crippen LogP contribution in [0.2, 0.25) is 0 Å². The minimum Gasteiger partial charge on any atom is -0.376 e. The fourth-order valence-corrected chi connectivity index (χ4v) is 1.74. The van der Waals surface area contributed by atoms with Crippen LogP contribution in [0.1, 0.15) is 24.4 Å². The minimum absolute atomic E-state index is 0.0492. The standard InChI is InChI=1S/C10H13FN2O/c11-8-6-13-4-3-7(8)10(12)9-2-1-5-14-9/h3-4,6,9-10H,1-2,5,12H2. The van der Waals surface area contributed by atoms with Gasteiger partial charge in [-0.05, 0) is 18.9 Å². The summed E-state index contributed by atoms with van der Waals surface area (Å²) in [5.74, 6) is -0.351. The average Bonchev–Trinajstić information content (AvgIpc) is 2.70. The van der Waals surface area contributed by atoms with Crippen molar-refractivity contribution in [1.29, 1.82) is 0 Å². The summed E-state index contributed by atoms with van der Waals surface area (Å²) in [7, 11) is 0. The van der Waals surface area contributed by atoms with E-state index in [1.165, 1.54) is 6.20 Å². The molecule has 1 aliphatic heterocycles. The summed E-state index contributed by atoms with van der Waals surface area (Å²) in [6.07, 6.45) is 4.60. The van der Waals surface area contributed by atoms with Crippen molar-refractivity contribution in [2.75, 3.05) is 6.61 Å². The molecule has 2 heterocycles. The van der Waals surface area contributed by atoms with Gasteiger partial charge in [-0.15, -0.1) is 0 Å². The van der Waals surface area contributed by atoms with Crippen molar-refractivity contribution >= 4 is 0 Å². The molecule has 3 nitrogen and oxygen atoms in total. The monoisotopic (exact) mass is 196 g/mol. The lowest BCUT2D eigenvalue weighted by Crippen LogP contribution is -2.26. The molecule has 1 aromatic rings. The molecule has 0 bridgehead atoms. The number of rotatable bonds is 2.